The summed E-state index contributed by atoms with van der Waals surface area (Å²) in [5.41, 5.74) is 4.28. The fourth-order valence-corrected chi connectivity index (χ4v) is 4.18. The quantitative estimate of drug-likeness (QED) is 0.487. The SMILES string of the molecule is CC#CC(=O)N[C@@H]1CC[C@H]1c1ccc(-c2ccnc3[nH]c(-c4cnn(C)c4)nc23)cc1F. The van der Waals surface area contributed by atoms with E-state index in [1.165, 1.54) is 6.07 Å². The lowest BCUT2D eigenvalue weighted by Gasteiger charge is -2.37. The zero-order valence-electron chi connectivity index (χ0n) is 17.7. The van der Waals surface area contributed by atoms with Crippen molar-refractivity contribution in [2.75, 3.05) is 0 Å². The maximum absolute atomic E-state index is 15.1. The summed E-state index contributed by atoms with van der Waals surface area (Å²) in [6.07, 6.45) is 6.92. The topological polar surface area (TPSA) is 88.5 Å². The van der Waals surface area contributed by atoms with E-state index < -0.39 is 0 Å². The predicted octanol–water partition coefficient (Wildman–Crippen LogP) is 3.55. The molecule has 0 aliphatic heterocycles. The number of hydrogen-bond donors (Lipinski definition) is 2. The first-order valence-corrected chi connectivity index (χ1v) is 10.4. The van der Waals surface area contributed by atoms with Crippen molar-refractivity contribution in [2.45, 2.75) is 31.7 Å². The number of aromatic nitrogens is 5. The minimum absolute atomic E-state index is 0.0494. The van der Waals surface area contributed by atoms with Gasteiger partial charge < -0.3 is 10.3 Å². The van der Waals surface area contributed by atoms with E-state index in [0.717, 1.165) is 29.5 Å². The molecule has 1 saturated carbocycles. The second-order valence-corrected chi connectivity index (χ2v) is 7.92. The lowest BCUT2D eigenvalue weighted by molar-refractivity contribution is -0.117. The molecule has 7 nitrogen and oxygen atoms in total. The molecule has 3 heterocycles. The van der Waals surface area contributed by atoms with Crippen LogP contribution in [0.25, 0.3) is 33.7 Å². The van der Waals surface area contributed by atoms with Gasteiger partial charge in [-0.25, -0.2) is 14.4 Å². The van der Waals surface area contributed by atoms with Gasteiger partial charge in [0.25, 0.3) is 5.91 Å². The van der Waals surface area contributed by atoms with Crippen LogP contribution in [0.15, 0.2) is 42.9 Å². The van der Waals surface area contributed by atoms with E-state index in [1.54, 1.807) is 30.1 Å². The van der Waals surface area contributed by atoms with Gasteiger partial charge in [-0.2, -0.15) is 5.10 Å². The van der Waals surface area contributed by atoms with Crippen molar-refractivity contribution in [3.63, 3.8) is 0 Å². The lowest BCUT2D eigenvalue weighted by Crippen LogP contribution is -2.45. The summed E-state index contributed by atoms with van der Waals surface area (Å²) in [5.74, 6) is 5.07. The Hall–Kier alpha value is -3.99. The van der Waals surface area contributed by atoms with E-state index in [2.05, 4.69) is 32.2 Å². The summed E-state index contributed by atoms with van der Waals surface area (Å²) in [7, 11) is 1.84. The van der Waals surface area contributed by atoms with Crippen LogP contribution in [0.3, 0.4) is 0 Å². The number of halogens is 1. The molecule has 0 saturated heterocycles. The Balaban J connectivity index is 1.46. The molecular formula is C24H21FN6O. The van der Waals surface area contributed by atoms with Gasteiger partial charge in [0.15, 0.2) is 5.65 Å². The van der Waals surface area contributed by atoms with E-state index in [1.807, 2.05) is 25.4 Å². The van der Waals surface area contributed by atoms with E-state index in [4.69, 9.17) is 4.98 Å². The molecule has 3 aromatic heterocycles. The number of H-pyrrole nitrogens is 1. The Kier molecular flexibility index (Phi) is 4.94. The van der Waals surface area contributed by atoms with E-state index in [0.29, 0.717) is 22.6 Å². The molecule has 160 valence electrons. The molecule has 1 aliphatic carbocycles. The van der Waals surface area contributed by atoms with Crippen molar-refractivity contribution in [3.05, 3.63) is 54.2 Å². The first-order valence-electron chi connectivity index (χ1n) is 10.4. The average Bonchev–Trinajstić information content (AvgIpc) is 3.38. The summed E-state index contributed by atoms with van der Waals surface area (Å²) in [6.45, 7) is 1.62. The highest BCUT2D eigenvalue weighted by molar-refractivity contribution is 5.94. The lowest BCUT2D eigenvalue weighted by atomic mass is 9.74. The summed E-state index contributed by atoms with van der Waals surface area (Å²) in [6, 6.07) is 6.98. The highest BCUT2D eigenvalue weighted by Crippen LogP contribution is 2.39. The molecule has 4 aromatic rings. The molecule has 1 amide bonds. The molecule has 8 heteroatoms. The van der Waals surface area contributed by atoms with Gasteiger partial charge in [0, 0.05) is 37.0 Å². The zero-order chi connectivity index (χ0) is 22.2. The summed E-state index contributed by atoms with van der Waals surface area (Å²) < 4.78 is 16.8. The maximum Gasteiger partial charge on any atom is 0.296 e. The molecule has 2 atom stereocenters. The van der Waals surface area contributed by atoms with Gasteiger partial charge in [0.1, 0.15) is 17.2 Å². The standard InChI is InChI=1S/C24H21FN6O/c1-3-4-21(32)28-20-8-7-18(20)17-6-5-14(11-19(17)25)16-9-10-26-24-22(16)29-23(30-24)15-12-27-31(2)13-15/h5-6,9-13,18,20H,7-8H2,1-2H3,(H,28,32)(H,26,29,30)/t18-,20+/m0/s1. The molecule has 0 unspecified atom stereocenters. The van der Waals surface area contributed by atoms with Crippen molar-refractivity contribution in [1.82, 2.24) is 30.0 Å². The van der Waals surface area contributed by atoms with E-state index >= 15 is 4.39 Å². The van der Waals surface area contributed by atoms with Crippen molar-refractivity contribution < 1.29 is 9.18 Å². The largest absolute Gasteiger partial charge is 0.342 e. The molecule has 1 aliphatic rings. The molecule has 2 N–H and O–H groups in total. The predicted molar refractivity (Wildman–Crippen MR) is 119 cm³/mol. The van der Waals surface area contributed by atoms with Gasteiger partial charge in [-0.1, -0.05) is 18.1 Å². The Labute approximate surface area is 184 Å². The number of carbonyl (C=O) groups excluding carboxylic acids is 1. The van der Waals surface area contributed by atoms with Crippen LogP contribution in [0.5, 0.6) is 0 Å². The number of fused-ring (bicyclic) bond motifs is 1. The van der Waals surface area contributed by atoms with Crippen molar-refractivity contribution in [1.29, 1.82) is 0 Å². The number of imidazole rings is 1. The number of nitrogens with zero attached hydrogens (tertiary/aromatic N) is 4. The fourth-order valence-electron chi connectivity index (χ4n) is 4.18. The molecule has 1 aromatic carbocycles. The molecule has 5 rings (SSSR count). The number of rotatable bonds is 4. The summed E-state index contributed by atoms with van der Waals surface area (Å²) in [4.78, 5) is 24.1. The van der Waals surface area contributed by atoms with E-state index in [-0.39, 0.29) is 23.7 Å². The smallest absolute Gasteiger partial charge is 0.296 e. The van der Waals surface area contributed by atoms with Gasteiger partial charge in [-0.15, -0.1) is 0 Å². The van der Waals surface area contributed by atoms with Crippen molar-refractivity contribution >= 4 is 17.1 Å². The van der Waals surface area contributed by atoms with Crippen LogP contribution >= 0.6 is 0 Å². The summed E-state index contributed by atoms with van der Waals surface area (Å²) >= 11 is 0. The number of benzene rings is 1. The van der Waals surface area contributed by atoms with Crippen LogP contribution in [-0.4, -0.2) is 36.7 Å². The monoisotopic (exact) mass is 428 g/mol. The Morgan fingerprint density at radius 2 is 2.16 bits per heavy atom. The summed E-state index contributed by atoms with van der Waals surface area (Å²) in [5, 5.41) is 7.06. The third kappa shape index (κ3) is 3.52. The molecule has 0 radical (unpaired) electrons. The second-order valence-electron chi connectivity index (χ2n) is 7.92. The highest BCUT2D eigenvalue weighted by Gasteiger charge is 2.34. The van der Waals surface area contributed by atoms with E-state index in [9.17, 15) is 4.79 Å². The number of nitrogens with one attached hydrogen (secondary N) is 2. The van der Waals surface area contributed by atoms with Gasteiger partial charge >= 0.3 is 0 Å². The minimum Gasteiger partial charge on any atom is -0.342 e. The zero-order valence-corrected chi connectivity index (χ0v) is 17.7. The molecule has 32 heavy (non-hydrogen) atoms. The van der Waals surface area contributed by atoms with Gasteiger partial charge in [-0.3, -0.25) is 9.48 Å². The van der Waals surface area contributed by atoms with Crippen LogP contribution in [0.1, 0.15) is 31.2 Å². The number of amides is 1. The number of pyridine rings is 1. The number of aromatic amines is 1. The number of hydrogen-bond acceptors (Lipinski definition) is 4. The third-order valence-corrected chi connectivity index (χ3v) is 5.90. The maximum atomic E-state index is 15.1. The fraction of sp³-hybridized carbons (Fsp3) is 0.250. The number of carbonyl (C=O) groups is 1. The van der Waals surface area contributed by atoms with Crippen LogP contribution in [0.2, 0.25) is 0 Å². The van der Waals surface area contributed by atoms with Crippen molar-refractivity contribution in [3.8, 4) is 34.4 Å². The third-order valence-electron chi connectivity index (χ3n) is 5.90. The average molecular weight is 428 g/mol. The first kappa shape index (κ1) is 19.9. The van der Waals surface area contributed by atoms with Crippen LogP contribution < -0.4 is 5.32 Å². The normalized spacial score (nSPS) is 17.5. The van der Waals surface area contributed by atoms with Crippen LogP contribution in [0, 0.1) is 17.7 Å². The Bertz CT molecular complexity index is 1390. The van der Waals surface area contributed by atoms with Gasteiger partial charge in [-0.05, 0) is 48.9 Å². The molecule has 0 bridgehead atoms. The van der Waals surface area contributed by atoms with Crippen LogP contribution in [-0.2, 0) is 11.8 Å². The number of aryl methyl sites for hydroxylation is 1. The van der Waals surface area contributed by atoms with Crippen LogP contribution in [0.4, 0.5) is 4.39 Å². The highest BCUT2D eigenvalue weighted by atomic mass is 19.1. The molecule has 1 fully saturated rings. The Morgan fingerprint density at radius 1 is 1.28 bits per heavy atom. The molecular weight excluding hydrogens is 407 g/mol. The minimum atomic E-state index is -0.318. The first-order chi connectivity index (χ1) is 15.5. The van der Waals surface area contributed by atoms with Gasteiger partial charge in [0.2, 0.25) is 0 Å². The second kappa shape index (κ2) is 7.93. The van der Waals surface area contributed by atoms with Crippen molar-refractivity contribution in [2.24, 2.45) is 7.05 Å². The van der Waals surface area contributed by atoms with Gasteiger partial charge in [0.05, 0.1) is 11.8 Å². The molecule has 0 spiro atoms. The Morgan fingerprint density at radius 3 is 2.84 bits per heavy atom.